The van der Waals surface area contributed by atoms with Crippen molar-refractivity contribution in [3.63, 3.8) is 0 Å². The molecule has 7 rings (SSSR count). The number of benzene rings is 1. The quantitative estimate of drug-likeness (QED) is 0.0315. The van der Waals surface area contributed by atoms with Gasteiger partial charge in [-0.05, 0) is 82.0 Å². The highest BCUT2D eigenvalue weighted by Gasteiger charge is 2.26. The number of aryl methyl sites for hydroxylation is 3. The number of carbonyl (C=O) groups is 4. The number of amides is 3. The minimum Gasteiger partial charge on any atom is -0.377 e. The van der Waals surface area contributed by atoms with Gasteiger partial charge in [-0.15, -0.1) is 11.3 Å². The maximum Gasteiger partial charge on any atom is 0.263 e. The number of fused-ring (bicyclic) bond motifs is 1. The summed E-state index contributed by atoms with van der Waals surface area (Å²) in [6, 6.07) is 9.17. The van der Waals surface area contributed by atoms with E-state index in [2.05, 4.69) is 51.3 Å². The third-order valence-corrected chi connectivity index (χ3v) is 13.6. The molecule has 1 aliphatic carbocycles. The van der Waals surface area contributed by atoms with Gasteiger partial charge >= 0.3 is 0 Å². The summed E-state index contributed by atoms with van der Waals surface area (Å²) in [4.78, 5) is 87.0. The fourth-order valence-electron chi connectivity index (χ4n) is 8.85. The highest BCUT2D eigenvalue weighted by Crippen LogP contribution is 2.32. The van der Waals surface area contributed by atoms with Crippen molar-refractivity contribution in [2.45, 2.75) is 59.4 Å². The second kappa shape index (κ2) is 29.0. The van der Waals surface area contributed by atoms with Gasteiger partial charge in [0.15, 0.2) is 10.9 Å². The van der Waals surface area contributed by atoms with E-state index in [1.165, 1.54) is 18.3 Å². The molecular formula is C52H70N12O10S. The number of nitrogens with one attached hydrogen (secondary N) is 5. The Morgan fingerprint density at radius 3 is 1.96 bits per heavy atom. The Morgan fingerprint density at radius 1 is 0.733 bits per heavy atom. The zero-order valence-electron chi connectivity index (χ0n) is 43.4. The van der Waals surface area contributed by atoms with Crippen molar-refractivity contribution in [2.24, 2.45) is 0 Å². The number of aromatic nitrogens is 5. The largest absolute Gasteiger partial charge is 0.377 e. The summed E-state index contributed by atoms with van der Waals surface area (Å²) in [5, 5.41) is 16.1. The van der Waals surface area contributed by atoms with Crippen molar-refractivity contribution in [3.05, 3.63) is 86.4 Å². The molecule has 22 nitrogen and oxygen atoms in total. The lowest BCUT2D eigenvalue weighted by molar-refractivity contribution is -0.122. The molecular weight excluding hydrogens is 985 g/mol. The molecule has 0 bridgehead atoms. The van der Waals surface area contributed by atoms with E-state index >= 15 is 0 Å². The van der Waals surface area contributed by atoms with Crippen molar-refractivity contribution in [1.82, 2.24) is 40.0 Å². The molecule has 5 heterocycles. The van der Waals surface area contributed by atoms with Gasteiger partial charge in [-0.25, -0.2) is 15.0 Å². The highest BCUT2D eigenvalue weighted by molar-refractivity contribution is 7.15. The number of carbonyl (C=O) groups excluding carboxylic acids is 4. The lowest BCUT2D eigenvalue weighted by Gasteiger charge is -2.35. The molecule has 4 aromatic heterocycles. The molecule has 75 heavy (non-hydrogen) atoms. The number of hydrogen-bond donors (Lipinski definition) is 5. The molecule has 5 aromatic rings. The molecule has 1 aliphatic heterocycles. The number of anilines is 5. The zero-order chi connectivity index (χ0) is 52.9. The van der Waals surface area contributed by atoms with E-state index in [0.717, 1.165) is 73.7 Å². The number of pyridine rings is 2. The molecule has 0 radical (unpaired) electrons. The highest BCUT2D eigenvalue weighted by atomic mass is 32.1. The minimum atomic E-state index is -0.287. The van der Waals surface area contributed by atoms with Gasteiger partial charge in [-0.2, -0.15) is 4.98 Å². The van der Waals surface area contributed by atoms with Gasteiger partial charge in [0.2, 0.25) is 17.8 Å². The predicted molar refractivity (Wildman–Crippen MR) is 287 cm³/mol. The second-order valence-electron chi connectivity index (χ2n) is 18.3. The van der Waals surface area contributed by atoms with Crippen LogP contribution in [0.1, 0.15) is 75.4 Å². The summed E-state index contributed by atoms with van der Waals surface area (Å²) in [5.41, 5.74) is 4.06. The number of hydrogen-bond acceptors (Lipinski definition) is 19. The van der Waals surface area contributed by atoms with Crippen LogP contribution in [-0.2, 0) is 33.3 Å². The molecule has 1 saturated heterocycles. The number of ether oxygens (including phenoxy) is 5. The molecule has 404 valence electrons. The van der Waals surface area contributed by atoms with Gasteiger partial charge in [0.05, 0.1) is 96.6 Å². The number of rotatable bonds is 30. The van der Waals surface area contributed by atoms with E-state index in [0.29, 0.717) is 125 Å². The zero-order valence-corrected chi connectivity index (χ0v) is 44.2. The average molecular weight is 1060 g/mol. The SMILES string of the molecule is CC(=O)c1c(C)c2cnc(Nc3ccc(N4CCN(CC(=O)NCCOCCOCCOCCOCCOCCNC(=O)CNc5ccc(C(=O)Nc6ncc(C)s6)c(C)c5)CC4)cn3)nc2n(C2CCCC2)c1=O. The Bertz CT molecular complexity index is 2740. The Balaban J connectivity index is 0.643. The second-order valence-corrected chi connectivity index (χ2v) is 19.5. The van der Waals surface area contributed by atoms with E-state index in [4.69, 9.17) is 28.7 Å². The fraction of sp³-hybridized carbons (Fsp3) is 0.519. The van der Waals surface area contributed by atoms with Crippen molar-refractivity contribution in [1.29, 1.82) is 0 Å². The molecule has 1 saturated carbocycles. The lowest BCUT2D eigenvalue weighted by atomic mass is 10.0. The maximum absolute atomic E-state index is 13.6. The van der Waals surface area contributed by atoms with Crippen molar-refractivity contribution in [3.8, 4) is 0 Å². The number of Topliss-reactive ketones (excluding diaryl/α,β-unsaturated/α-hetero) is 1. The summed E-state index contributed by atoms with van der Waals surface area (Å²) >= 11 is 1.41. The first kappa shape index (κ1) is 56.3. The monoisotopic (exact) mass is 1050 g/mol. The van der Waals surface area contributed by atoms with E-state index < -0.39 is 0 Å². The predicted octanol–water partition coefficient (Wildman–Crippen LogP) is 4.43. The van der Waals surface area contributed by atoms with E-state index in [-0.39, 0.29) is 47.2 Å². The molecule has 0 atom stereocenters. The van der Waals surface area contributed by atoms with Crippen LogP contribution < -0.4 is 37.0 Å². The van der Waals surface area contributed by atoms with Crippen LogP contribution in [0.3, 0.4) is 0 Å². The molecule has 3 amide bonds. The Labute approximate surface area is 440 Å². The standard InChI is InChI=1S/C52H70N12O10S/c1-35-29-39(9-11-42(35)49(68)61-52-58-30-36(2)75-52)55-33-45(66)53-13-19-70-21-23-72-25-27-74-28-26-73-24-22-71-20-14-54-46(67)34-62-15-17-63(18-16-62)41-10-12-44(56-31-41)59-51-57-32-43-37(3)47(38(4)65)50(69)64(48(43)60-51)40-7-5-6-8-40/h9-12,29-32,40,55H,5-8,13-28,33-34H2,1-4H3,(H,53,66)(H,54,67)(H,58,61,68)(H,56,57,59,60). The van der Waals surface area contributed by atoms with E-state index in [1.807, 2.05) is 32.0 Å². The van der Waals surface area contributed by atoms with E-state index in [9.17, 15) is 24.0 Å². The van der Waals surface area contributed by atoms with Gasteiger partial charge in [0, 0.05) is 79.2 Å². The van der Waals surface area contributed by atoms with Gasteiger partial charge in [-0.3, -0.25) is 38.8 Å². The molecule has 23 heteroatoms. The van der Waals surface area contributed by atoms with Crippen LogP contribution in [0.4, 0.5) is 28.3 Å². The first-order chi connectivity index (χ1) is 36.4. The van der Waals surface area contributed by atoms with Gasteiger partial charge in [-0.1, -0.05) is 12.8 Å². The summed E-state index contributed by atoms with van der Waals surface area (Å²) in [7, 11) is 0. The topological polar surface area (TPSA) is 255 Å². The third-order valence-electron chi connectivity index (χ3n) is 12.7. The average Bonchev–Trinajstić information content (AvgIpc) is 4.09. The molecule has 5 N–H and O–H groups in total. The number of thiazole rings is 1. The van der Waals surface area contributed by atoms with Crippen LogP contribution >= 0.6 is 11.3 Å². The maximum atomic E-state index is 13.6. The first-order valence-corrected chi connectivity index (χ1v) is 26.4. The molecule has 2 aliphatic rings. The van der Waals surface area contributed by atoms with Crippen LogP contribution in [0.2, 0.25) is 0 Å². The number of nitrogens with zero attached hydrogens (tertiary/aromatic N) is 7. The normalized spacial score (nSPS) is 14.1. The van der Waals surface area contributed by atoms with Crippen LogP contribution in [0.25, 0.3) is 11.0 Å². The van der Waals surface area contributed by atoms with Crippen LogP contribution in [0, 0.1) is 20.8 Å². The van der Waals surface area contributed by atoms with Crippen molar-refractivity contribution >= 4 is 74.1 Å². The van der Waals surface area contributed by atoms with Gasteiger partial charge < -0.3 is 49.9 Å². The Hall–Kier alpha value is -6.47. The van der Waals surface area contributed by atoms with E-state index in [1.54, 1.807) is 42.2 Å². The summed E-state index contributed by atoms with van der Waals surface area (Å²) < 4.78 is 29.5. The first-order valence-electron chi connectivity index (χ1n) is 25.6. The van der Waals surface area contributed by atoms with Crippen LogP contribution in [-0.4, -0.2) is 171 Å². The molecule has 0 spiro atoms. The summed E-state index contributed by atoms with van der Waals surface area (Å²) in [5.74, 6) is 0.179. The number of piperazine rings is 1. The van der Waals surface area contributed by atoms with Crippen LogP contribution in [0.5, 0.6) is 0 Å². The third kappa shape index (κ3) is 17.0. The van der Waals surface area contributed by atoms with Gasteiger partial charge in [0.1, 0.15) is 11.5 Å². The molecule has 0 unspecified atom stereocenters. The Kier molecular flexibility index (Phi) is 21.8. The van der Waals surface area contributed by atoms with Crippen molar-refractivity contribution < 1.29 is 42.9 Å². The fourth-order valence-corrected chi connectivity index (χ4v) is 9.51. The van der Waals surface area contributed by atoms with Crippen molar-refractivity contribution in [2.75, 3.05) is 139 Å². The molecule has 1 aromatic carbocycles. The minimum absolute atomic E-state index is 0.00443. The lowest BCUT2D eigenvalue weighted by Crippen LogP contribution is -2.49. The smallest absolute Gasteiger partial charge is 0.263 e. The summed E-state index contributed by atoms with van der Waals surface area (Å²) in [6.07, 6.45) is 8.99. The molecule has 2 fully saturated rings. The number of ketones is 1. The van der Waals surface area contributed by atoms with Gasteiger partial charge in [0.25, 0.3) is 11.5 Å². The van der Waals surface area contributed by atoms with Crippen LogP contribution in [0.15, 0.2) is 53.7 Å². The summed E-state index contributed by atoms with van der Waals surface area (Å²) in [6.45, 7) is 15.2. The Morgan fingerprint density at radius 2 is 1.37 bits per heavy atom.